The number of aliphatic hydroxyl groups is 1. The Morgan fingerprint density at radius 1 is 1.35 bits per heavy atom. The first kappa shape index (κ1) is 11.9. The summed E-state index contributed by atoms with van der Waals surface area (Å²) in [4.78, 5) is 13.7. The molecule has 0 spiro atoms. The molecular formula is C13H17NO3. The van der Waals surface area contributed by atoms with E-state index < -0.39 is 0 Å². The SMILES string of the molecule is O=C(Cc1cccc(O)c1)N1CCC(O)CC1. The summed E-state index contributed by atoms with van der Waals surface area (Å²) in [5.41, 5.74) is 0.820. The minimum Gasteiger partial charge on any atom is -0.508 e. The maximum absolute atomic E-state index is 11.9. The number of phenols is 1. The van der Waals surface area contributed by atoms with Gasteiger partial charge in [-0.1, -0.05) is 12.1 Å². The molecule has 1 aliphatic heterocycles. The van der Waals surface area contributed by atoms with E-state index in [2.05, 4.69) is 0 Å². The summed E-state index contributed by atoms with van der Waals surface area (Å²) in [6, 6.07) is 6.76. The molecule has 1 fully saturated rings. The second-order valence-electron chi connectivity index (χ2n) is 4.46. The monoisotopic (exact) mass is 235 g/mol. The van der Waals surface area contributed by atoms with E-state index in [1.54, 1.807) is 23.1 Å². The number of amides is 1. The van der Waals surface area contributed by atoms with Crippen molar-refractivity contribution in [1.82, 2.24) is 4.90 Å². The smallest absolute Gasteiger partial charge is 0.226 e. The van der Waals surface area contributed by atoms with Gasteiger partial charge in [-0.05, 0) is 30.5 Å². The summed E-state index contributed by atoms with van der Waals surface area (Å²) in [6.45, 7) is 1.25. The van der Waals surface area contributed by atoms with Crippen LogP contribution in [0, 0.1) is 0 Å². The van der Waals surface area contributed by atoms with E-state index in [1.807, 2.05) is 6.07 Å². The van der Waals surface area contributed by atoms with Crippen molar-refractivity contribution in [2.75, 3.05) is 13.1 Å². The van der Waals surface area contributed by atoms with Gasteiger partial charge in [-0.15, -0.1) is 0 Å². The molecule has 0 bridgehead atoms. The van der Waals surface area contributed by atoms with Crippen molar-refractivity contribution in [3.63, 3.8) is 0 Å². The van der Waals surface area contributed by atoms with Gasteiger partial charge in [-0.25, -0.2) is 0 Å². The number of hydrogen-bond acceptors (Lipinski definition) is 3. The predicted molar refractivity (Wildman–Crippen MR) is 63.6 cm³/mol. The van der Waals surface area contributed by atoms with Crippen LogP contribution in [0.3, 0.4) is 0 Å². The Morgan fingerprint density at radius 3 is 2.71 bits per heavy atom. The zero-order valence-corrected chi connectivity index (χ0v) is 9.67. The number of rotatable bonds is 2. The van der Waals surface area contributed by atoms with Crippen LogP contribution in [0.4, 0.5) is 0 Å². The average Bonchev–Trinajstić information content (AvgIpc) is 2.29. The molecule has 1 aliphatic rings. The van der Waals surface area contributed by atoms with Gasteiger partial charge in [0.15, 0.2) is 0 Å². The van der Waals surface area contributed by atoms with E-state index in [-0.39, 0.29) is 17.8 Å². The van der Waals surface area contributed by atoms with Gasteiger partial charge in [0.2, 0.25) is 5.91 Å². The molecule has 4 nitrogen and oxygen atoms in total. The van der Waals surface area contributed by atoms with Gasteiger partial charge in [-0.2, -0.15) is 0 Å². The van der Waals surface area contributed by atoms with Crippen LogP contribution < -0.4 is 0 Å². The summed E-state index contributed by atoms with van der Waals surface area (Å²) < 4.78 is 0. The molecular weight excluding hydrogens is 218 g/mol. The van der Waals surface area contributed by atoms with Gasteiger partial charge in [0.05, 0.1) is 12.5 Å². The number of carbonyl (C=O) groups excluding carboxylic acids is 1. The van der Waals surface area contributed by atoms with Crippen molar-refractivity contribution in [3.05, 3.63) is 29.8 Å². The predicted octanol–water partition coefficient (Wildman–Crippen LogP) is 0.918. The Bertz CT molecular complexity index is 397. The highest BCUT2D eigenvalue weighted by Crippen LogP contribution is 2.15. The van der Waals surface area contributed by atoms with Crippen LogP contribution in [-0.4, -0.2) is 40.2 Å². The number of phenolic OH excluding ortho intramolecular Hbond substituents is 1. The van der Waals surface area contributed by atoms with E-state index in [1.165, 1.54) is 0 Å². The Morgan fingerprint density at radius 2 is 2.06 bits per heavy atom. The van der Waals surface area contributed by atoms with Crippen LogP contribution in [-0.2, 0) is 11.2 Å². The molecule has 0 aliphatic carbocycles. The summed E-state index contributed by atoms with van der Waals surface area (Å²) in [7, 11) is 0. The molecule has 92 valence electrons. The maximum Gasteiger partial charge on any atom is 0.226 e. The summed E-state index contributed by atoms with van der Waals surface area (Å²) in [5.74, 6) is 0.242. The Hall–Kier alpha value is -1.55. The highest BCUT2D eigenvalue weighted by atomic mass is 16.3. The fourth-order valence-corrected chi connectivity index (χ4v) is 2.07. The number of carbonyl (C=O) groups is 1. The van der Waals surface area contributed by atoms with Crippen molar-refractivity contribution in [2.24, 2.45) is 0 Å². The highest BCUT2D eigenvalue weighted by Gasteiger charge is 2.21. The molecule has 0 aromatic heterocycles. The number of likely N-dealkylation sites (tertiary alicyclic amines) is 1. The maximum atomic E-state index is 11.9. The number of benzene rings is 1. The first-order valence-electron chi connectivity index (χ1n) is 5.89. The Kier molecular flexibility index (Phi) is 3.64. The average molecular weight is 235 g/mol. The lowest BCUT2D eigenvalue weighted by Crippen LogP contribution is -2.40. The third-order valence-electron chi connectivity index (χ3n) is 3.08. The van der Waals surface area contributed by atoms with Gasteiger partial charge >= 0.3 is 0 Å². The van der Waals surface area contributed by atoms with Gasteiger partial charge < -0.3 is 15.1 Å². The quantitative estimate of drug-likeness (QED) is 0.801. The van der Waals surface area contributed by atoms with E-state index in [0.717, 1.165) is 5.56 Å². The zero-order valence-electron chi connectivity index (χ0n) is 9.67. The fraction of sp³-hybridized carbons (Fsp3) is 0.462. The van der Waals surface area contributed by atoms with E-state index in [9.17, 15) is 15.0 Å². The molecule has 1 heterocycles. The number of nitrogens with zero attached hydrogens (tertiary/aromatic N) is 1. The van der Waals surface area contributed by atoms with Crippen molar-refractivity contribution >= 4 is 5.91 Å². The van der Waals surface area contributed by atoms with Crippen LogP contribution in [0.15, 0.2) is 24.3 Å². The summed E-state index contributed by atoms with van der Waals surface area (Å²) >= 11 is 0. The molecule has 0 atom stereocenters. The van der Waals surface area contributed by atoms with Gasteiger partial charge in [0.25, 0.3) is 0 Å². The third kappa shape index (κ3) is 3.20. The number of piperidine rings is 1. The van der Waals surface area contributed by atoms with Crippen LogP contribution in [0.5, 0.6) is 5.75 Å². The van der Waals surface area contributed by atoms with E-state index >= 15 is 0 Å². The fourth-order valence-electron chi connectivity index (χ4n) is 2.07. The van der Waals surface area contributed by atoms with Crippen LogP contribution in [0.2, 0.25) is 0 Å². The minimum absolute atomic E-state index is 0.0579. The van der Waals surface area contributed by atoms with Gasteiger partial charge in [0.1, 0.15) is 5.75 Å². The Balaban J connectivity index is 1.93. The van der Waals surface area contributed by atoms with Crippen LogP contribution in [0.25, 0.3) is 0 Å². The Labute approximate surface area is 100 Å². The lowest BCUT2D eigenvalue weighted by atomic mass is 10.1. The second kappa shape index (κ2) is 5.19. The number of hydrogen-bond donors (Lipinski definition) is 2. The molecule has 1 aromatic rings. The number of aromatic hydroxyl groups is 1. The molecule has 0 radical (unpaired) electrons. The third-order valence-corrected chi connectivity index (χ3v) is 3.08. The molecule has 4 heteroatoms. The molecule has 0 saturated carbocycles. The number of aliphatic hydroxyl groups excluding tert-OH is 1. The lowest BCUT2D eigenvalue weighted by Gasteiger charge is -2.29. The molecule has 17 heavy (non-hydrogen) atoms. The van der Waals surface area contributed by atoms with Crippen molar-refractivity contribution in [3.8, 4) is 5.75 Å². The van der Waals surface area contributed by atoms with Crippen molar-refractivity contribution in [1.29, 1.82) is 0 Å². The zero-order chi connectivity index (χ0) is 12.3. The normalized spacial score (nSPS) is 17.1. The lowest BCUT2D eigenvalue weighted by molar-refractivity contribution is -0.132. The molecule has 1 amide bonds. The summed E-state index contributed by atoms with van der Waals surface area (Å²) in [6.07, 6.45) is 1.36. The highest BCUT2D eigenvalue weighted by molar-refractivity contribution is 5.79. The topological polar surface area (TPSA) is 60.8 Å². The summed E-state index contributed by atoms with van der Waals surface area (Å²) in [5, 5.41) is 18.7. The molecule has 0 unspecified atom stereocenters. The minimum atomic E-state index is -0.264. The van der Waals surface area contributed by atoms with Crippen LogP contribution >= 0.6 is 0 Å². The molecule has 2 N–H and O–H groups in total. The van der Waals surface area contributed by atoms with E-state index in [4.69, 9.17) is 0 Å². The van der Waals surface area contributed by atoms with Crippen LogP contribution in [0.1, 0.15) is 18.4 Å². The van der Waals surface area contributed by atoms with E-state index in [0.29, 0.717) is 32.4 Å². The standard InChI is InChI=1S/C13H17NO3/c15-11-4-6-14(7-5-11)13(17)9-10-2-1-3-12(16)8-10/h1-3,8,11,15-16H,4-7,9H2. The first-order valence-corrected chi connectivity index (χ1v) is 5.89. The molecule has 2 rings (SSSR count). The second-order valence-corrected chi connectivity index (χ2v) is 4.46. The van der Waals surface area contributed by atoms with Crippen molar-refractivity contribution < 1.29 is 15.0 Å². The largest absolute Gasteiger partial charge is 0.508 e. The molecule has 1 aromatic carbocycles. The van der Waals surface area contributed by atoms with Crippen molar-refractivity contribution in [2.45, 2.75) is 25.4 Å². The first-order chi connectivity index (χ1) is 8.15. The van der Waals surface area contributed by atoms with Gasteiger partial charge in [-0.3, -0.25) is 4.79 Å². The molecule has 1 saturated heterocycles. The van der Waals surface area contributed by atoms with Gasteiger partial charge in [0, 0.05) is 13.1 Å².